The summed E-state index contributed by atoms with van der Waals surface area (Å²) >= 11 is 11.0. The lowest BCUT2D eigenvalue weighted by atomic mass is 10.3. The van der Waals surface area contributed by atoms with Crippen LogP contribution >= 0.6 is 38.9 Å². The SMILES string of the molecule is Cc1c(Cl)ncnc1NCc1cc(Br)cs1. The molecule has 16 heavy (non-hydrogen) atoms. The summed E-state index contributed by atoms with van der Waals surface area (Å²) in [6, 6.07) is 2.08. The second-order valence-corrected chi connectivity index (χ2v) is 5.49. The van der Waals surface area contributed by atoms with Crippen LogP contribution in [0.5, 0.6) is 0 Å². The van der Waals surface area contributed by atoms with Gasteiger partial charge in [-0.25, -0.2) is 9.97 Å². The lowest BCUT2D eigenvalue weighted by Crippen LogP contribution is -2.02. The van der Waals surface area contributed by atoms with E-state index in [4.69, 9.17) is 11.6 Å². The molecule has 1 N–H and O–H groups in total. The van der Waals surface area contributed by atoms with E-state index >= 15 is 0 Å². The first kappa shape index (κ1) is 11.8. The molecule has 0 radical (unpaired) electrons. The summed E-state index contributed by atoms with van der Waals surface area (Å²) in [5.41, 5.74) is 0.875. The number of nitrogens with one attached hydrogen (secondary N) is 1. The molecule has 0 atom stereocenters. The zero-order valence-electron chi connectivity index (χ0n) is 8.50. The minimum absolute atomic E-state index is 0.491. The quantitative estimate of drug-likeness (QED) is 0.873. The molecular formula is C10H9BrClN3S. The molecule has 2 aromatic rings. The Hall–Kier alpha value is -0.650. The molecule has 0 aliphatic heterocycles. The van der Waals surface area contributed by atoms with Gasteiger partial charge in [-0.05, 0) is 28.9 Å². The Kier molecular flexibility index (Phi) is 3.78. The van der Waals surface area contributed by atoms with Crippen LogP contribution in [0.2, 0.25) is 5.15 Å². The van der Waals surface area contributed by atoms with Gasteiger partial charge in [-0.2, -0.15) is 0 Å². The van der Waals surface area contributed by atoms with Crippen LogP contribution in [0, 0.1) is 6.92 Å². The predicted octanol–water partition coefficient (Wildman–Crippen LogP) is 3.87. The molecule has 0 aliphatic rings. The highest BCUT2D eigenvalue weighted by Gasteiger charge is 2.05. The van der Waals surface area contributed by atoms with E-state index in [0.29, 0.717) is 5.15 Å². The van der Waals surface area contributed by atoms with Crippen LogP contribution in [-0.2, 0) is 6.54 Å². The van der Waals surface area contributed by atoms with Crippen molar-refractivity contribution >= 4 is 44.7 Å². The lowest BCUT2D eigenvalue weighted by Gasteiger charge is -2.07. The van der Waals surface area contributed by atoms with Crippen molar-refractivity contribution in [2.75, 3.05) is 5.32 Å². The van der Waals surface area contributed by atoms with Gasteiger partial charge in [0, 0.05) is 20.3 Å². The maximum absolute atomic E-state index is 5.90. The van der Waals surface area contributed by atoms with Crippen molar-refractivity contribution in [3.63, 3.8) is 0 Å². The third-order valence-electron chi connectivity index (χ3n) is 2.07. The number of rotatable bonds is 3. The monoisotopic (exact) mass is 317 g/mol. The maximum atomic E-state index is 5.90. The highest BCUT2D eigenvalue weighted by atomic mass is 79.9. The molecule has 84 valence electrons. The van der Waals surface area contributed by atoms with E-state index in [9.17, 15) is 0 Å². The van der Waals surface area contributed by atoms with Crippen LogP contribution < -0.4 is 5.32 Å². The number of nitrogens with zero attached hydrogens (tertiary/aromatic N) is 2. The standard InChI is InChI=1S/C10H9BrClN3S/c1-6-9(12)14-5-15-10(6)13-3-8-2-7(11)4-16-8/h2,4-5H,3H2,1H3,(H,13,14,15). The summed E-state index contributed by atoms with van der Waals surface area (Å²) in [7, 11) is 0. The van der Waals surface area contributed by atoms with Crippen LogP contribution in [0.3, 0.4) is 0 Å². The first-order valence-electron chi connectivity index (χ1n) is 4.60. The Morgan fingerprint density at radius 3 is 3.00 bits per heavy atom. The molecule has 6 heteroatoms. The van der Waals surface area contributed by atoms with Gasteiger partial charge in [0.25, 0.3) is 0 Å². The second-order valence-electron chi connectivity index (χ2n) is 3.22. The third-order valence-corrected chi connectivity index (χ3v) is 4.15. The Bertz CT molecular complexity index is 501. The molecule has 0 aromatic carbocycles. The number of thiophene rings is 1. The number of aromatic nitrogens is 2. The first-order chi connectivity index (χ1) is 7.66. The van der Waals surface area contributed by atoms with E-state index in [0.717, 1.165) is 22.4 Å². The fourth-order valence-electron chi connectivity index (χ4n) is 1.22. The third kappa shape index (κ3) is 2.72. The van der Waals surface area contributed by atoms with Gasteiger partial charge in [0.05, 0.1) is 6.54 Å². The summed E-state index contributed by atoms with van der Waals surface area (Å²) in [6.45, 7) is 2.64. The van der Waals surface area contributed by atoms with E-state index in [1.54, 1.807) is 11.3 Å². The van der Waals surface area contributed by atoms with Gasteiger partial charge >= 0.3 is 0 Å². The van der Waals surface area contributed by atoms with Gasteiger partial charge in [-0.3, -0.25) is 0 Å². The average Bonchev–Trinajstić information content (AvgIpc) is 2.67. The molecule has 3 nitrogen and oxygen atoms in total. The minimum atomic E-state index is 0.491. The summed E-state index contributed by atoms with van der Waals surface area (Å²) in [5, 5.41) is 5.78. The van der Waals surface area contributed by atoms with Crippen LogP contribution in [0.4, 0.5) is 5.82 Å². The van der Waals surface area contributed by atoms with Crippen LogP contribution in [0.25, 0.3) is 0 Å². The van der Waals surface area contributed by atoms with E-state index in [1.807, 2.05) is 6.92 Å². The summed E-state index contributed by atoms with van der Waals surface area (Å²) < 4.78 is 1.10. The number of hydrogen-bond acceptors (Lipinski definition) is 4. The molecule has 0 saturated carbocycles. The lowest BCUT2D eigenvalue weighted by molar-refractivity contribution is 1.07. The van der Waals surface area contributed by atoms with E-state index in [2.05, 4.69) is 42.7 Å². The van der Waals surface area contributed by atoms with Crippen molar-refractivity contribution in [3.8, 4) is 0 Å². The molecule has 0 fully saturated rings. The van der Waals surface area contributed by atoms with Gasteiger partial charge in [-0.1, -0.05) is 11.6 Å². The minimum Gasteiger partial charge on any atom is -0.365 e. The molecule has 0 spiro atoms. The van der Waals surface area contributed by atoms with Gasteiger partial charge in [0.15, 0.2) is 0 Å². The molecule has 2 heterocycles. The molecule has 0 bridgehead atoms. The molecular weight excluding hydrogens is 310 g/mol. The maximum Gasteiger partial charge on any atom is 0.137 e. The largest absolute Gasteiger partial charge is 0.365 e. The Morgan fingerprint density at radius 2 is 2.31 bits per heavy atom. The number of hydrogen-bond donors (Lipinski definition) is 1. The van der Waals surface area contributed by atoms with E-state index < -0.39 is 0 Å². The Balaban J connectivity index is 2.07. The van der Waals surface area contributed by atoms with Crippen molar-refractivity contribution in [1.82, 2.24) is 9.97 Å². The van der Waals surface area contributed by atoms with E-state index in [1.165, 1.54) is 11.2 Å². The van der Waals surface area contributed by atoms with Crippen molar-refractivity contribution in [1.29, 1.82) is 0 Å². The molecule has 2 rings (SSSR count). The number of halogens is 2. The van der Waals surface area contributed by atoms with Gasteiger partial charge in [0.1, 0.15) is 17.3 Å². The normalized spacial score (nSPS) is 10.4. The summed E-state index contributed by atoms with van der Waals surface area (Å²) in [5.74, 6) is 0.782. The predicted molar refractivity (Wildman–Crippen MR) is 71.1 cm³/mol. The highest BCUT2D eigenvalue weighted by molar-refractivity contribution is 9.10. The van der Waals surface area contributed by atoms with Crippen LogP contribution in [0.15, 0.2) is 22.2 Å². The molecule has 2 aromatic heterocycles. The Labute approximate surface area is 111 Å². The summed E-state index contributed by atoms with van der Waals surface area (Å²) in [6.07, 6.45) is 1.46. The number of anilines is 1. The van der Waals surface area contributed by atoms with Crippen LogP contribution in [0.1, 0.15) is 10.4 Å². The van der Waals surface area contributed by atoms with E-state index in [-0.39, 0.29) is 0 Å². The fraction of sp³-hybridized carbons (Fsp3) is 0.200. The zero-order chi connectivity index (χ0) is 11.5. The van der Waals surface area contributed by atoms with Crippen molar-refractivity contribution < 1.29 is 0 Å². The molecule has 0 saturated heterocycles. The zero-order valence-corrected chi connectivity index (χ0v) is 11.7. The summed E-state index contributed by atoms with van der Waals surface area (Å²) in [4.78, 5) is 9.29. The van der Waals surface area contributed by atoms with Gasteiger partial charge < -0.3 is 5.32 Å². The molecule has 0 amide bonds. The average molecular weight is 319 g/mol. The first-order valence-corrected chi connectivity index (χ1v) is 6.66. The van der Waals surface area contributed by atoms with Gasteiger partial charge in [0.2, 0.25) is 0 Å². The second kappa shape index (κ2) is 5.12. The fourth-order valence-corrected chi connectivity index (χ4v) is 2.75. The van der Waals surface area contributed by atoms with Crippen molar-refractivity contribution in [3.05, 3.63) is 37.8 Å². The topological polar surface area (TPSA) is 37.8 Å². The van der Waals surface area contributed by atoms with Crippen molar-refractivity contribution in [2.24, 2.45) is 0 Å². The molecule has 0 unspecified atom stereocenters. The smallest absolute Gasteiger partial charge is 0.137 e. The van der Waals surface area contributed by atoms with Crippen LogP contribution in [-0.4, -0.2) is 9.97 Å². The van der Waals surface area contributed by atoms with Gasteiger partial charge in [-0.15, -0.1) is 11.3 Å². The molecule has 0 aliphatic carbocycles. The Morgan fingerprint density at radius 1 is 1.50 bits per heavy atom. The highest BCUT2D eigenvalue weighted by Crippen LogP contribution is 2.22. The van der Waals surface area contributed by atoms with Crippen molar-refractivity contribution in [2.45, 2.75) is 13.5 Å².